The van der Waals surface area contributed by atoms with E-state index in [1.165, 1.54) is 27.8 Å². The Balaban J connectivity index is 1.59. The van der Waals surface area contributed by atoms with Gasteiger partial charge in [-0.3, -0.25) is 13.8 Å². The summed E-state index contributed by atoms with van der Waals surface area (Å²) in [6.07, 6.45) is -4.25. The first kappa shape index (κ1) is 24.9. The zero-order valence-corrected chi connectivity index (χ0v) is 20.1. The van der Waals surface area contributed by atoms with E-state index in [9.17, 15) is 21.9 Å². The average molecular weight is 515 g/mol. The van der Waals surface area contributed by atoms with Crippen LogP contribution in [0, 0.1) is 6.92 Å². The molecule has 184 valence electrons. The number of alkyl halides is 3. The second-order valence-corrected chi connectivity index (χ2v) is 9.95. The van der Waals surface area contributed by atoms with Gasteiger partial charge >= 0.3 is 6.36 Å². The molecule has 1 aliphatic rings. The van der Waals surface area contributed by atoms with Gasteiger partial charge in [0.1, 0.15) is 10.8 Å². The fourth-order valence-electron chi connectivity index (χ4n) is 4.16. The zero-order valence-electron chi connectivity index (χ0n) is 18.5. The molecule has 1 aromatic heterocycles. The van der Waals surface area contributed by atoms with Crippen LogP contribution < -0.4 is 9.04 Å². The Labute approximate surface area is 202 Å². The maximum atomic E-state index is 12.5. The van der Waals surface area contributed by atoms with Gasteiger partial charge in [-0.2, -0.15) is 0 Å². The van der Waals surface area contributed by atoms with Crippen LogP contribution in [0.2, 0.25) is 0 Å². The number of thiophene rings is 1. The second kappa shape index (κ2) is 10.6. The van der Waals surface area contributed by atoms with Crippen molar-refractivity contribution in [3.63, 3.8) is 0 Å². The maximum Gasteiger partial charge on any atom is 0.573 e. The predicted molar refractivity (Wildman–Crippen MR) is 128 cm³/mol. The summed E-state index contributed by atoms with van der Waals surface area (Å²) in [4.78, 5) is 2.20. The molecule has 34 heavy (non-hydrogen) atoms. The van der Waals surface area contributed by atoms with Crippen LogP contribution in [0.25, 0.3) is 10.1 Å². The summed E-state index contributed by atoms with van der Waals surface area (Å²) in [6.45, 7) is 4.65. The van der Waals surface area contributed by atoms with E-state index in [4.69, 9.17) is 4.74 Å². The number of benzene rings is 2. The Morgan fingerprint density at radius 3 is 2.47 bits per heavy atom. The van der Waals surface area contributed by atoms with Gasteiger partial charge in [0, 0.05) is 23.8 Å². The molecular formula is C23H25F3N2O4S2. The molecule has 0 amide bonds. The van der Waals surface area contributed by atoms with E-state index in [-0.39, 0.29) is 18.3 Å². The molecule has 2 atom stereocenters. The minimum Gasteiger partial charge on any atom is -0.406 e. The summed E-state index contributed by atoms with van der Waals surface area (Å²) < 4.78 is 72.1. The summed E-state index contributed by atoms with van der Waals surface area (Å²) >= 11 is -0.780. The first-order valence-electron chi connectivity index (χ1n) is 10.7. The number of hydrogen-bond donors (Lipinski definition) is 1. The highest BCUT2D eigenvalue weighted by atomic mass is 32.2. The van der Waals surface area contributed by atoms with Crippen molar-refractivity contribution in [3.8, 4) is 5.75 Å². The molecule has 0 aliphatic carbocycles. The highest BCUT2D eigenvalue weighted by molar-refractivity contribution is 7.81. The fraction of sp³-hybridized carbons (Fsp3) is 0.391. The molecule has 0 radical (unpaired) electrons. The van der Waals surface area contributed by atoms with E-state index in [0.717, 1.165) is 26.2 Å². The van der Waals surface area contributed by atoms with Gasteiger partial charge in [-0.05, 0) is 48.1 Å². The van der Waals surface area contributed by atoms with E-state index < -0.39 is 17.6 Å². The Bertz CT molecular complexity index is 1130. The van der Waals surface area contributed by atoms with Gasteiger partial charge in [-0.15, -0.1) is 24.5 Å². The number of nitrogens with zero attached hydrogens (tertiary/aromatic N) is 2. The molecule has 2 heterocycles. The van der Waals surface area contributed by atoms with Crippen molar-refractivity contribution in [1.29, 1.82) is 0 Å². The maximum absolute atomic E-state index is 12.5. The molecular weight excluding hydrogens is 489 g/mol. The van der Waals surface area contributed by atoms with Gasteiger partial charge in [0.2, 0.25) is 0 Å². The Kier molecular flexibility index (Phi) is 7.78. The van der Waals surface area contributed by atoms with E-state index in [0.29, 0.717) is 32.7 Å². The number of morpholine rings is 1. The first-order chi connectivity index (χ1) is 16.2. The van der Waals surface area contributed by atoms with Crippen molar-refractivity contribution in [2.45, 2.75) is 25.7 Å². The molecule has 1 fully saturated rings. The molecule has 3 aromatic rings. The van der Waals surface area contributed by atoms with Crippen molar-refractivity contribution < 1.29 is 31.4 Å². The van der Waals surface area contributed by atoms with Crippen molar-refractivity contribution in [3.05, 3.63) is 59.7 Å². The first-order valence-corrected chi connectivity index (χ1v) is 12.6. The van der Waals surface area contributed by atoms with E-state index in [1.54, 1.807) is 12.1 Å². The quantitative estimate of drug-likeness (QED) is 0.429. The molecule has 1 N–H and O–H groups in total. The molecule has 1 aliphatic heterocycles. The third-order valence-electron chi connectivity index (χ3n) is 5.80. The Morgan fingerprint density at radius 2 is 1.85 bits per heavy atom. The topological polar surface area (TPSA) is 62.2 Å². The van der Waals surface area contributed by atoms with Crippen molar-refractivity contribution in [2.75, 3.05) is 37.2 Å². The smallest absolute Gasteiger partial charge is 0.406 e. The number of halogens is 3. The molecule has 0 spiro atoms. The van der Waals surface area contributed by atoms with Gasteiger partial charge in [0.05, 0.1) is 19.8 Å². The molecule has 4 rings (SSSR count). The van der Waals surface area contributed by atoms with E-state index in [2.05, 4.69) is 9.64 Å². The van der Waals surface area contributed by atoms with Gasteiger partial charge in [-0.1, -0.05) is 30.3 Å². The van der Waals surface area contributed by atoms with E-state index in [1.807, 2.05) is 31.2 Å². The van der Waals surface area contributed by atoms with Gasteiger partial charge in [0.25, 0.3) is 11.3 Å². The standard InChI is InChI=1S/C23H25F3N2O4S2/c1-16-20-4-2-3-5-21(20)33-22(16)28(34(29)30)15-18(27-10-12-31-13-11-27)14-17-6-8-19(9-7-17)32-23(24,25)26/h2-9,18H,10-15H2,1H3,(H,29,30). The molecule has 0 saturated carbocycles. The highest BCUT2D eigenvalue weighted by Crippen LogP contribution is 2.38. The molecule has 1 saturated heterocycles. The molecule has 6 nitrogen and oxygen atoms in total. The normalized spacial score (nSPS) is 17.0. The van der Waals surface area contributed by atoms with Crippen LogP contribution in [-0.4, -0.2) is 58.9 Å². The average Bonchev–Trinajstić information content (AvgIpc) is 3.13. The SMILES string of the molecule is Cc1c(N(CC(Cc2ccc(OC(F)(F)F)cc2)N2CCOCC2)S(=O)O)sc2ccccc12. The molecule has 0 bridgehead atoms. The van der Waals surface area contributed by atoms with Crippen molar-refractivity contribution in [2.24, 2.45) is 0 Å². The van der Waals surface area contributed by atoms with Crippen LogP contribution in [0.4, 0.5) is 18.2 Å². The highest BCUT2D eigenvalue weighted by Gasteiger charge is 2.31. The summed E-state index contributed by atoms with van der Waals surface area (Å²) in [5.74, 6) is -0.279. The number of hydrogen-bond acceptors (Lipinski definition) is 5. The Hall–Kier alpha value is -2.18. The summed E-state index contributed by atoms with van der Waals surface area (Å²) in [5, 5.41) is 1.77. The largest absolute Gasteiger partial charge is 0.573 e. The molecule has 11 heteroatoms. The van der Waals surface area contributed by atoms with Crippen molar-refractivity contribution in [1.82, 2.24) is 4.90 Å². The third-order valence-corrected chi connectivity index (χ3v) is 7.92. The van der Waals surface area contributed by atoms with Crippen LogP contribution in [0.1, 0.15) is 11.1 Å². The summed E-state index contributed by atoms with van der Waals surface area (Å²) in [7, 11) is 0. The number of ether oxygens (including phenoxy) is 2. The van der Waals surface area contributed by atoms with Crippen LogP contribution in [-0.2, 0) is 22.4 Å². The fourth-order valence-corrected chi connectivity index (χ4v) is 6.17. The second-order valence-electron chi connectivity index (χ2n) is 8.02. The minimum atomic E-state index is -4.74. The predicted octanol–water partition coefficient (Wildman–Crippen LogP) is 4.99. The van der Waals surface area contributed by atoms with Crippen molar-refractivity contribution >= 4 is 37.7 Å². The van der Waals surface area contributed by atoms with Crippen LogP contribution in [0.3, 0.4) is 0 Å². The minimum absolute atomic E-state index is 0.154. The van der Waals surface area contributed by atoms with Gasteiger partial charge in [0.15, 0.2) is 0 Å². The number of anilines is 1. The number of rotatable bonds is 8. The third kappa shape index (κ3) is 6.08. The lowest BCUT2D eigenvalue weighted by Crippen LogP contribution is -2.50. The summed E-state index contributed by atoms with van der Waals surface area (Å²) in [5.41, 5.74) is 1.75. The molecule has 2 unspecified atom stereocenters. The summed E-state index contributed by atoms with van der Waals surface area (Å²) in [6, 6.07) is 13.5. The van der Waals surface area contributed by atoms with Gasteiger partial charge in [-0.25, -0.2) is 4.21 Å². The molecule has 2 aromatic carbocycles. The Morgan fingerprint density at radius 1 is 1.18 bits per heavy atom. The lowest BCUT2D eigenvalue weighted by molar-refractivity contribution is -0.274. The lowest BCUT2D eigenvalue weighted by Gasteiger charge is -2.37. The monoisotopic (exact) mass is 514 g/mol. The van der Waals surface area contributed by atoms with E-state index >= 15 is 0 Å². The van der Waals surface area contributed by atoms with Crippen LogP contribution in [0.5, 0.6) is 5.75 Å². The van der Waals surface area contributed by atoms with Crippen LogP contribution >= 0.6 is 11.3 Å². The number of aryl methyl sites for hydroxylation is 1. The number of fused-ring (bicyclic) bond motifs is 1. The zero-order chi connectivity index (χ0) is 24.3. The van der Waals surface area contributed by atoms with Gasteiger partial charge < -0.3 is 9.47 Å². The van der Waals surface area contributed by atoms with Crippen LogP contribution in [0.15, 0.2) is 48.5 Å². The lowest BCUT2D eigenvalue weighted by atomic mass is 10.0.